The van der Waals surface area contributed by atoms with Crippen LogP contribution in [0, 0.1) is 0 Å². The summed E-state index contributed by atoms with van der Waals surface area (Å²) in [7, 11) is 0. The molecule has 0 saturated carbocycles. The van der Waals surface area contributed by atoms with E-state index < -0.39 is 12.1 Å². The van der Waals surface area contributed by atoms with Gasteiger partial charge in [-0.05, 0) is 22.3 Å². The van der Waals surface area contributed by atoms with Gasteiger partial charge in [-0.15, -0.1) is 0 Å². The molecule has 1 heterocycles. The Labute approximate surface area is 155 Å². The second-order valence-electron chi connectivity index (χ2n) is 6.22. The van der Waals surface area contributed by atoms with Gasteiger partial charge in [0.2, 0.25) is 0 Å². The van der Waals surface area contributed by atoms with E-state index in [4.69, 9.17) is 9.84 Å². The van der Waals surface area contributed by atoms with Crippen LogP contribution in [0.1, 0.15) is 17.0 Å². The number of aromatic nitrogens is 2. The molecule has 2 aromatic carbocycles. The minimum absolute atomic E-state index is 0.0351. The number of amides is 1. The summed E-state index contributed by atoms with van der Waals surface area (Å²) in [5.74, 6) is -0.809. The summed E-state index contributed by atoms with van der Waals surface area (Å²) in [5, 5.41) is 15.3. The van der Waals surface area contributed by atoms with Gasteiger partial charge in [-0.25, -0.2) is 9.48 Å². The minimum Gasteiger partial charge on any atom is -0.480 e. The van der Waals surface area contributed by atoms with Gasteiger partial charge in [0.25, 0.3) is 0 Å². The van der Waals surface area contributed by atoms with Gasteiger partial charge in [0.15, 0.2) is 0 Å². The highest BCUT2D eigenvalue weighted by atomic mass is 16.5. The van der Waals surface area contributed by atoms with Gasteiger partial charge in [0, 0.05) is 12.0 Å². The predicted octanol–water partition coefficient (Wildman–Crippen LogP) is 3.33. The van der Waals surface area contributed by atoms with E-state index in [1.165, 1.54) is 16.9 Å². The molecule has 1 aliphatic rings. The van der Waals surface area contributed by atoms with Crippen LogP contribution in [0.3, 0.4) is 0 Å². The maximum absolute atomic E-state index is 12.2. The molecule has 136 valence electrons. The highest BCUT2D eigenvalue weighted by Crippen LogP contribution is 2.44. The van der Waals surface area contributed by atoms with Crippen molar-refractivity contribution in [3.05, 3.63) is 71.9 Å². The van der Waals surface area contributed by atoms with Crippen LogP contribution in [-0.2, 0) is 16.1 Å². The number of carboxylic acids is 1. The van der Waals surface area contributed by atoms with E-state index >= 15 is 0 Å². The molecule has 1 aromatic heterocycles. The molecule has 0 atom stereocenters. The molecule has 0 spiro atoms. The quantitative estimate of drug-likeness (QED) is 0.725. The van der Waals surface area contributed by atoms with E-state index in [9.17, 15) is 9.59 Å². The van der Waals surface area contributed by atoms with Crippen LogP contribution in [0.4, 0.5) is 10.6 Å². The lowest BCUT2D eigenvalue weighted by molar-refractivity contribution is -0.137. The van der Waals surface area contributed by atoms with Crippen molar-refractivity contribution in [2.45, 2.75) is 12.5 Å². The molecule has 3 aromatic rings. The normalized spacial score (nSPS) is 12.3. The lowest BCUT2D eigenvalue weighted by Gasteiger charge is -2.14. The molecule has 4 rings (SSSR count). The highest BCUT2D eigenvalue weighted by molar-refractivity contribution is 5.84. The Morgan fingerprint density at radius 3 is 2.30 bits per heavy atom. The molecular weight excluding hydrogens is 346 g/mol. The Kier molecular flexibility index (Phi) is 4.33. The number of carboxylic acid groups (broad SMARTS) is 1. The zero-order valence-corrected chi connectivity index (χ0v) is 14.3. The third-order valence-electron chi connectivity index (χ3n) is 4.58. The molecule has 0 saturated heterocycles. The summed E-state index contributed by atoms with van der Waals surface area (Å²) in [6.45, 7) is -0.154. The van der Waals surface area contributed by atoms with E-state index in [-0.39, 0.29) is 24.9 Å². The number of rotatable bonds is 5. The van der Waals surface area contributed by atoms with Crippen molar-refractivity contribution in [2.75, 3.05) is 11.9 Å². The number of fused-ring (bicyclic) bond motifs is 3. The molecule has 7 nitrogen and oxygen atoms in total. The molecule has 1 aliphatic carbocycles. The van der Waals surface area contributed by atoms with Crippen molar-refractivity contribution >= 4 is 17.9 Å². The number of carbonyl (C=O) groups is 2. The third kappa shape index (κ3) is 3.27. The van der Waals surface area contributed by atoms with E-state index in [2.05, 4.69) is 22.5 Å². The molecule has 0 fully saturated rings. The fourth-order valence-corrected chi connectivity index (χ4v) is 3.43. The second kappa shape index (κ2) is 6.95. The Bertz CT molecular complexity index is 966. The standard InChI is InChI=1S/C20H17N3O4/c24-19(25)11-23-18(9-10-21-23)22-20(26)27-12-17-15-7-3-1-5-13(15)14-6-2-4-8-16(14)17/h1-10,17H,11-12H2,(H,22,26)(H,24,25). The molecule has 1 amide bonds. The molecule has 7 heteroatoms. The van der Waals surface area contributed by atoms with E-state index in [1.54, 1.807) is 0 Å². The number of aliphatic carboxylic acids is 1. The number of hydrogen-bond donors (Lipinski definition) is 2. The van der Waals surface area contributed by atoms with Crippen LogP contribution in [0.25, 0.3) is 11.1 Å². The first kappa shape index (κ1) is 16.8. The van der Waals surface area contributed by atoms with Crippen molar-refractivity contribution in [3.63, 3.8) is 0 Å². The first-order chi connectivity index (χ1) is 13.1. The predicted molar refractivity (Wildman–Crippen MR) is 98.6 cm³/mol. The SMILES string of the molecule is O=C(O)Cn1nccc1NC(=O)OCC1c2ccccc2-c2ccccc21. The molecule has 0 bridgehead atoms. The maximum atomic E-state index is 12.2. The summed E-state index contributed by atoms with van der Waals surface area (Å²) in [5.41, 5.74) is 4.56. The maximum Gasteiger partial charge on any atom is 0.412 e. The average molecular weight is 363 g/mol. The number of nitrogens with one attached hydrogen (secondary N) is 1. The second-order valence-corrected chi connectivity index (χ2v) is 6.22. The van der Waals surface area contributed by atoms with Gasteiger partial charge < -0.3 is 9.84 Å². The third-order valence-corrected chi connectivity index (χ3v) is 4.58. The van der Waals surface area contributed by atoms with Crippen LogP contribution in [0.15, 0.2) is 60.8 Å². The Morgan fingerprint density at radius 1 is 1.04 bits per heavy atom. The number of hydrogen-bond acceptors (Lipinski definition) is 4. The number of benzene rings is 2. The summed E-state index contributed by atoms with van der Waals surface area (Å²) in [6.07, 6.45) is 0.770. The molecule has 27 heavy (non-hydrogen) atoms. The first-order valence-electron chi connectivity index (χ1n) is 8.49. The summed E-state index contributed by atoms with van der Waals surface area (Å²) in [4.78, 5) is 23.0. The monoisotopic (exact) mass is 363 g/mol. The van der Waals surface area contributed by atoms with Crippen molar-refractivity contribution in [3.8, 4) is 11.1 Å². The molecule has 2 N–H and O–H groups in total. The van der Waals surface area contributed by atoms with E-state index in [1.807, 2.05) is 36.4 Å². The van der Waals surface area contributed by atoms with Gasteiger partial charge in [-0.3, -0.25) is 10.1 Å². The lowest BCUT2D eigenvalue weighted by atomic mass is 9.98. The minimum atomic E-state index is -1.05. The molecular formula is C20H17N3O4. The van der Waals surface area contributed by atoms with Crippen LogP contribution in [0.2, 0.25) is 0 Å². The Morgan fingerprint density at radius 2 is 1.67 bits per heavy atom. The number of carbonyl (C=O) groups excluding carboxylic acids is 1. The largest absolute Gasteiger partial charge is 0.480 e. The Hall–Kier alpha value is -3.61. The van der Waals surface area contributed by atoms with Crippen molar-refractivity contribution in [1.29, 1.82) is 0 Å². The van der Waals surface area contributed by atoms with Crippen molar-refractivity contribution < 1.29 is 19.4 Å². The topological polar surface area (TPSA) is 93.5 Å². The molecule has 0 unspecified atom stereocenters. The summed E-state index contributed by atoms with van der Waals surface area (Å²) < 4.78 is 6.62. The molecule has 0 radical (unpaired) electrons. The van der Waals surface area contributed by atoms with Crippen LogP contribution >= 0.6 is 0 Å². The fraction of sp³-hybridized carbons (Fsp3) is 0.150. The summed E-state index contributed by atoms with van der Waals surface area (Å²) >= 11 is 0. The summed E-state index contributed by atoms with van der Waals surface area (Å²) in [6, 6.07) is 17.7. The fourth-order valence-electron chi connectivity index (χ4n) is 3.43. The van der Waals surface area contributed by atoms with Crippen molar-refractivity contribution in [2.24, 2.45) is 0 Å². The van der Waals surface area contributed by atoms with Crippen LogP contribution < -0.4 is 5.32 Å². The van der Waals surface area contributed by atoms with Crippen molar-refractivity contribution in [1.82, 2.24) is 9.78 Å². The van der Waals surface area contributed by atoms with E-state index in [0.29, 0.717) is 0 Å². The smallest absolute Gasteiger partial charge is 0.412 e. The van der Waals surface area contributed by atoms with Gasteiger partial charge in [0.1, 0.15) is 19.0 Å². The zero-order valence-electron chi connectivity index (χ0n) is 14.3. The zero-order chi connectivity index (χ0) is 18.8. The average Bonchev–Trinajstić information content (AvgIpc) is 3.22. The van der Waals surface area contributed by atoms with Gasteiger partial charge in [0.05, 0.1) is 6.20 Å². The van der Waals surface area contributed by atoms with Gasteiger partial charge >= 0.3 is 12.1 Å². The van der Waals surface area contributed by atoms with Crippen LogP contribution in [-0.4, -0.2) is 33.6 Å². The highest BCUT2D eigenvalue weighted by Gasteiger charge is 2.29. The lowest BCUT2D eigenvalue weighted by Crippen LogP contribution is -2.21. The van der Waals surface area contributed by atoms with E-state index in [0.717, 1.165) is 22.3 Å². The number of anilines is 1. The van der Waals surface area contributed by atoms with Gasteiger partial charge in [-0.1, -0.05) is 48.5 Å². The Balaban J connectivity index is 1.47. The number of nitrogens with zero attached hydrogens (tertiary/aromatic N) is 2. The molecule has 0 aliphatic heterocycles. The first-order valence-corrected chi connectivity index (χ1v) is 8.49. The number of ether oxygens (including phenoxy) is 1. The van der Waals surface area contributed by atoms with Gasteiger partial charge in [-0.2, -0.15) is 5.10 Å². The van der Waals surface area contributed by atoms with Crippen LogP contribution in [0.5, 0.6) is 0 Å².